The van der Waals surface area contributed by atoms with Crippen LogP contribution in [0.5, 0.6) is 0 Å². The second-order valence-corrected chi connectivity index (χ2v) is 5.63. The molecule has 0 spiro atoms. The molecule has 0 bridgehead atoms. The van der Waals surface area contributed by atoms with Crippen LogP contribution in [0.2, 0.25) is 0 Å². The van der Waals surface area contributed by atoms with Crippen LogP contribution in [0.1, 0.15) is 58.3 Å². The van der Waals surface area contributed by atoms with Gasteiger partial charge in [-0.15, -0.1) is 0 Å². The van der Waals surface area contributed by atoms with Crippen LogP contribution in [0.25, 0.3) is 0 Å². The molecule has 94 valence electrons. The predicted octanol–water partition coefficient (Wildman–Crippen LogP) is 2.78. The van der Waals surface area contributed by atoms with Gasteiger partial charge in [0, 0.05) is 11.6 Å². The van der Waals surface area contributed by atoms with Gasteiger partial charge in [-0.1, -0.05) is 26.2 Å². The topological polar surface area (TPSA) is 15.3 Å². The van der Waals surface area contributed by atoms with Crippen LogP contribution in [0.15, 0.2) is 0 Å². The normalized spacial score (nSPS) is 27.4. The van der Waals surface area contributed by atoms with Crippen molar-refractivity contribution in [1.29, 1.82) is 0 Å². The zero-order valence-corrected chi connectivity index (χ0v) is 11.1. The Bertz CT molecular complexity index is 203. The smallest absolute Gasteiger partial charge is 0.0362 e. The third-order valence-corrected chi connectivity index (χ3v) is 4.78. The highest BCUT2D eigenvalue weighted by Crippen LogP contribution is 2.41. The summed E-state index contributed by atoms with van der Waals surface area (Å²) in [6.07, 6.45) is 11.2. The maximum Gasteiger partial charge on any atom is 0.0362 e. The van der Waals surface area contributed by atoms with Gasteiger partial charge in [-0.2, -0.15) is 0 Å². The Kier molecular flexibility index (Phi) is 4.26. The van der Waals surface area contributed by atoms with Crippen molar-refractivity contribution < 1.29 is 0 Å². The summed E-state index contributed by atoms with van der Waals surface area (Å²) in [7, 11) is 2.16. The lowest BCUT2D eigenvalue weighted by molar-refractivity contribution is 0.0758. The van der Waals surface area contributed by atoms with E-state index in [0.717, 1.165) is 6.04 Å². The second kappa shape index (κ2) is 5.50. The zero-order valence-electron chi connectivity index (χ0n) is 11.1. The van der Waals surface area contributed by atoms with Gasteiger partial charge in [0.25, 0.3) is 0 Å². The molecule has 1 saturated heterocycles. The standard InChI is InChI=1S/C14H28N2/c1-3-8-13(15-2)14(9-4-5-10-14)16-11-6-7-12-16/h13,15H,3-12H2,1-2H3. The van der Waals surface area contributed by atoms with E-state index in [0.29, 0.717) is 5.54 Å². The number of hydrogen-bond donors (Lipinski definition) is 1. The molecule has 0 aromatic rings. The molecule has 1 saturated carbocycles. The van der Waals surface area contributed by atoms with Crippen LogP contribution in [0, 0.1) is 0 Å². The van der Waals surface area contributed by atoms with Crippen LogP contribution < -0.4 is 5.32 Å². The van der Waals surface area contributed by atoms with E-state index in [1.165, 1.54) is 64.5 Å². The molecule has 16 heavy (non-hydrogen) atoms. The van der Waals surface area contributed by atoms with Crippen molar-refractivity contribution in [2.45, 2.75) is 69.9 Å². The van der Waals surface area contributed by atoms with Crippen LogP contribution >= 0.6 is 0 Å². The Balaban J connectivity index is 2.12. The van der Waals surface area contributed by atoms with Crippen molar-refractivity contribution >= 4 is 0 Å². The first-order valence-corrected chi connectivity index (χ1v) is 7.26. The van der Waals surface area contributed by atoms with Gasteiger partial charge in [0.2, 0.25) is 0 Å². The first-order valence-electron chi connectivity index (χ1n) is 7.26. The summed E-state index contributed by atoms with van der Waals surface area (Å²) >= 11 is 0. The van der Waals surface area contributed by atoms with E-state index in [2.05, 4.69) is 24.2 Å². The summed E-state index contributed by atoms with van der Waals surface area (Å²) < 4.78 is 0. The third kappa shape index (κ3) is 2.14. The van der Waals surface area contributed by atoms with Crippen molar-refractivity contribution in [3.05, 3.63) is 0 Å². The molecular formula is C14H28N2. The molecule has 2 rings (SSSR count). The van der Waals surface area contributed by atoms with Gasteiger partial charge in [-0.3, -0.25) is 4.90 Å². The molecule has 1 aliphatic carbocycles. The van der Waals surface area contributed by atoms with E-state index >= 15 is 0 Å². The minimum Gasteiger partial charge on any atom is -0.315 e. The molecule has 1 heterocycles. The summed E-state index contributed by atoms with van der Waals surface area (Å²) in [5.74, 6) is 0. The highest BCUT2D eigenvalue weighted by Gasteiger charge is 2.45. The van der Waals surface area contributed by atoms with Crippen molar-refractivity contribution in [2.24, 2.45) is 0 Å². The van der Waals surface area contributed by atoms with Gasteiger partial charge in [-0.05, 0) is 52.2 Å². The molecular weight excluding hydrogens is 196 g/mol. The molecule has 0 radical (unpaired) electrons. The molecule has 0 aromatic carbocycles. The van der Waals surface area contributed by atoms with Gasteiger partial charge in [0.15, 0.2) is 0 Å². The Hall–Kier alpha value is -0.0800. The quantitative estimate of drug-likeness (QED) is 0.772. The van der Waals surface area contributed by atoms with E-state index in [1.54, 1.807) is 0 Å². The molecule has 2 nitrogen and oxygen atoms in total. The summed E-state index contributed by atoms with van der Waals surface area (Å²) in [5, 5.41) is 3.62. The van der Waals surface area contributed by atoms with Crippen LogP contribution in [0.3, 0.4) is 0 Å². The average molecular weight is 224 g/mol. The number of rotatable bonds is 5. The van der Waals surface area contributed by atoms with Gasteiger partial charge >= 0.3 is 0 Å². The fourth-order valence-corrected chi connectivity index (χ4v) is 4.01. The fourth-order valence-electron chi connectivity index (χ4n) is 4.01. The second-order valence-electron chi connectivity index (χ2n) is 5.63. The summed E-state index contributed by atoms with van der Waals surface area (Å²) in [5.41, 5.74) is 0.515. The lowest BCUT2D eigenvalue weighted by Gasteiger charge is -2.45. The van der Waals surface area contributed by atoms with E-state index in [9.17, 15) is 0 Å². The average Bonchev–Trinajstić information content (AvgIpc) is 2.95. The number of nitrogens with one attached hydrogen (secondary N) is 1. The Morgan fingerprint density at radius 2 is 1.75 bits per heavy atom. The minimum atomic E-state index is 0.515. The van der Waals surface area contributed by atoms with Crippen molar-refractivity contribution in [2.75, 3.05) is 20.1 Å². The Labute approximate surface area is 101 Å². The van der Waals surface area contributed by atoms with Gasteiger partial charge < -0.3 is 5.32 Å². The number of hydrogen-bond acceptors (Lipinski definition) is 2. The maximum atomic E-state index is 3.62. The van der Waals surface area contributed by atoms with E-state index in [1.807, 2.05) is 0 Å². The number of likely N-dealkylation sites (tertiary alicyclic amines) is 1. The first kappa shape index (κ1) is 12.4. The molecule has 1 atom stereocenters. The predicted molar refractivity (Wildman–Crippen MR) is 69.8 cm³/mol. The van der Waals surface area contributed by atoms with Crippen molar-refractivity contribution in [3.8, 4) is 0 Å². The largest absolute Gasteiger partial charge is 0.315 e. The van der Waals surface area contributed by atoms with Crippen LogP contribution in [-0.4, -0.2) is 36.6 Å². The SMILES string of the molecule is CCCC(NC)C1(N2CCCC2)CCCC1. The molecule has 2 heteroatoms. The molecule has 0 amide bonds. The van der Waals surface area contributed by atoms with E-state index < -0.39 is 0 Å². The van der Waals surface area contributed by atoms with Gasteiger partial charge in [0.1, 0.15) is 0 Å². The van der Waals surface area contributed by atoms with E-state index in [4.69, 9.17) is 0 Å². The highest BCUT2D eigenvalue weighted by molar-refractivity contribution is 5.04. The van der Waals surface area contributed by atoms with Crippen LogP contribution in [0.4, 0.5) is 0 Å². The molecule has 2 aliphatic rings. The summed E-state index contributed by atoms with van der Waals surface area (Å²) in [6, 6.07) is 0.720. The monoisotopic (exact) mass is 224 g/mol. The maximum absolute atomic E-state index is 3.62. The molecule has 2 fully saturated rings. The zero-order chi connectivity index (χ0) is 11.4. The van der Waals surface area contributed by atoms with Gasteiger partial charge in [0.05, 0.1) is 0 Å². The third-order valence-electron chi connectivity index (χ3n) is 4.78. The van der Waals surface area contributed by atoms with Gasteiger partial charge in [-0.25, -0.2) is 0 Å². The lowest BCUT2D eigenvalue weighted by Crippen LogP contribution is -2.58. The van der Waals surface area contributed by atoms with Crippen molar-refractivity contribution in [3.63, 3.8) is 0 Å². The first-order chi connectivity index (χ1) is 7.83. The van der Waals surface area contributed by atoms with Crippen LogP contribution in [-0.2, 0) is 0 Å². The summed E-state index contributed by atoms with van der Waals surface area (Å²) in [6.45, 7) is 5.01. The minimum absolute atomic E-state index is 0.515. The molecule has 1 N–H and O–H groups in total. The lowest BCUT2D eigenvalue weighted by atomic mass is 9.84. The summed E-state index contributed by atoms with van der Waals surface area (Å²) in [4.78, 5) is 2.82. The van der Waals surface area contributed by atoms with E-state index in [-0.39, 0.29) is 0 Å². The number of likely N-dealkylation sites (N-methyl/N-ethyl adjacent to an activating group) is 1. The Morgan fingerprint density at radius 1 is 1.12 bits per heavy atom. The molecule has 0 aromatic heterocycles. The Morgan fingerprint density at radius 3 is 2.25 bits per heavy atom. The van der Waals surface area contributed by atoms with Crippen molar-refractivity contribution in [1.82, 2.24) is 10.2 Å². The fraction of sp³-hybridized carbons (Fsp3) is 1.00. The molecule has 1 unspecified atom stereocenters. The number of nitrogens with zero attached hydrogens (tertiary/aromatic N) is 1. The highest BCUT2D eigenvalue weighted by atomic mass is 15.2. The molecule has 1 aliphatic heterocycles.